The van der Waals surface area contributed by atoms with Crippen molar-refractivity contribution in [1.82, 2.24) is 9.88 Å². The lowest BCUT2D eigenvalue weighted by Gasteiger charge is -2.15. The fourth-order valence-electron chi connectivity index (χ4n) is 3.36. The van der Waals surface area contributed by atoms with Gasteiger partial charge in [0.1, 0.15) is 5.75 Å². The zero-order chi connectivity index (χ0) is 21.0. The van der Waals surface area contributed by atoms with Gasteiger partial charge >= 0.3 is 0 Å². The van der Waals surface area contributed by atoms with Gasteiger partial charge in [0.15, 0.2) is 0 Å². The molecule has 0 aliphatic rings. The maximum Gasteiger partial charge on any atom is 0.253 e. The third-order valence-electron chi connectivity index (χ3n) is 4.97. The van der Waals surface area contributed by atoms with E-state index in [2.05, 4.69) is 23.7 Å². The van der Waals surface area contributed by atoms with Crippen molar-refractivity contribution >= 4 is 17.5 Å². The van der Waals surface area contributed by atoms with Gasteiger partial charge in [-0.05, 0) is 55.2 Å². The Morgan fingerprint density at radius 2 is 1.83 bits per heavy atom. The summed E-state index contributed by atoms with van der Waals surface area (Å²) >= 11 is 6.08. The van der Waals surface area contributed by atoms with Crippen LogP contribution in [0.25, 0.3) is 16.9 Å². The maximum absolute atomic E-state index is 12.9. The first-order valence-corrected chi connectivity index (χ1v) is 10.2. The highest BCUT2D eigenvalue weighted by Crippen LogP contribution is 2.34. The average molecular weight is 411 g/mol. The summed E-state index contributed by atoms with van der Waals surface area (Å²) in [5, 5.41) is 3.72. The van der Waals surface area contributed by atoms with E-state index in [1.54, 1.807) is 7.11 Å². The first kappa shape index (κ1) is 21.0. The van der Waals surface area contributed by atoms with Gasteiger partial charge in [-0.15, -0.1) is 0 Å². The molecule has 1 N–H and O–H groups in total. The zero-order valence-electron chi connectivity index (χ0n) is 17.3. The van der Waals surface area contributed by atoms with Crippen LogP contribution in [0.3, 0.4) is 0 Å². The van der Waals surface area contributed by atoms with Crippen molar-refractivity contribution in [3.63, 3.8) is 0 Å². The van der Waals surface area contributed by atoms with Gasteiger partial charge in [0, 0.05) is 17.3 Å². The Kier molecular flexibility index (Phi) is 6.65. The van der Waals surface area contributed by atoms with Gasteiger partial charge in [0.25, 0.3) is 5.91 Å². The summed E-state index contributed by atoms with van der Waals surface area (Å²) in [5.74, 6) is 1.22. The SMILES string of the molecule is COc1ccccc1-n1c(-c2ccc(Cl)cc2)cc(C(=O)NCCC(C)C)c1C. The number of halogens is 1. The fourth-order valence-corrected chi connectivity index (χ4v) is 3.49. The molecule has 4 nitrogen and oxygen atoms in total. The Morgan fingerprint density at radius 3 is 2.48 bits per heavy atom. The largest absolute Gasteiger partial charge is 0.495 e. The van der Waals surface area contributed by atoms with E-state index in [1.165, 1.54) is 0 Å². The number of nitrogens with zero attached hydrogens (tertiary/aromatic N) is 1. The molecule has 0 radical (unpaired) electrons. The van der Waals surface area contributed by atoms with Gasteiger partial charge in [-0.25, -0.2) is 0 Å². The first-order valence-electron chi connectivity index (χ1n) is 9.82. The number of hydrogen-bond acceptors (Lipinski definition) is 2. The molecule has 3 aromatic rings. The van der Waals surface area contributed by atoms with Gasteiger partial charge in [0.2, 0.25) is 0 Å². The van der Waals surface area contributed by atoms with Gasteiger partial charge in [-0.2, -0.15) is 0 Å². The monoisotopic (exact) mass is 410 g/mol. The molecule has 152 valence electrons. The molecule has 0 unspecified atom stereocenters. The molecule has 0 atom stereocenters. The van der Waals surface area contributed by atoms with Crippen LogP contribution in [-0.4, -0.2) is 24.1 Å². The van der Waals surface area contributed by atoms with E-state index in [-0.39, 0.29) is 5.91 Å². The van der Waals surface area contributed by atoms with E-state index in [9.17, 15) is 4.79 Å². The smallest absolute Gasteiger partial charge is 0.253 e. The minimum absolute atomic E-state index is 0.0630. The lowest BCUT2D eigenvalue weighted by molar-refractivity contribution is 0.0951. The van der Waals surface area contributed by atoms with Crippen LogP contribution in [0.5, 0.6) is 5.75 Å². The summed E-state index contributed by atoms with van der Waals surface area (Å²) < 4.78 is 7.65. The number of ether oxygens (including phenoxy) is 1. The molecule has 3 rings (SSSR count). The zero-order valence-corrected chi connectivity index (χ0v) is 18.1. The summed E-state index contributed by atoms with van der Waals surface area (Å²) in [7, 11) is 1.65. The predicted molar refractivity (Wildman–Crippen MR) is 119 cm³/mol. The highest BCUT2D eigenvalue weighted by Gasteiger charge is 2.21. The standard InChI is InChI=1S/C24H27ClN2O2/c1-16(2)13-14-26-24(28)20-15-22(18-9-11-19(25)12-10-18)27(17(20)3)21-7-5-6-8-23(21)29-4/h5-12,15-16H,13-14H2,1-4H3,(H,26,28). The molecule has 0 aliphatic carbocycles. The molecule has 0 saturated carbocycles. The summed E-state index contributed by atoms with van der Waals surface area (Å²) in [4.78, 5) is 12.9. The normalized spacial score (nSPS) is 11.0. The molecule has 0 bridgehead atoms. The maximum atomic E-state index is 12.9. The number of methoxy groups -OCH3 is 1. The number of carbonyl (C=O) groups is 1. The van der Waals surface area contributed by atoms with Crippen molar-refractivity contribution in [3.8, 4) is 22.7 Å². The van der Waals surface area contributed by atoms with E-state index in [0.29, 0.717) is 23.0 Å². The van der Waals surface area contributed by atoms with Crippen molar-refractivity contribution in [2.75, 3.05) is 13.7 Å². The number of rotatable bonds is 7. The predicted octanol–water partition coefficient (Wildman–Crippen LogP) is 5.89. The Morgan fingerprint density at radius 1 is 1.14 bits per heavy atom. The average Bonchev–Trinajstić information content (AvgIpc) is 3.05. The second-order valence-electron chi connectivity index (χ2n) is 7.48. The molecule has 0 aliphatic heterocycles. The van der Waals surface area contributed by atoms with Gasteiger partial charge in [-0.1, -0.05) is 49.7 Å². The van der Waals surface area contributed by atoms with Crippen LogP contribution in [0.4, 0.5) is 0 Å². The Balaban J connectivity index is 2.11. The molecule has 0 spiro atoms. The number of aromatic nitrogens is 1. The number of nitrogens with one attached hydrogen (secondary N) is 1. The lowest BCUT2D eigenvalue weighted by Crippen LogP contribution is -2.25. The number of hydrogen-bond donors (Lipinski definition) is 1. The lowest BCUT2D eigenvalue weighted by atomic mass is 10.1. The van der Waals surface area contributed by atoms with Gasteiger partial charge in [-0.3, -0.25) is 4.79 Å². The van der Waals surface area contributed by atoms with Crippen molar-refractivity contribution < 1.29 is 9.53 Å². The molecule has 5 heteroatoms. The quantitative estimate of drug-likeness (QED) is 0.527. The van der Waals surface area contributed by atoms with Crippen LogP contribution in [0, 0.1) is 12.8 Å². The molecule has 29 heavy (non-hydrogen) atoms. The summed E-state index contributed by atoms with van der Waals surface area (Å²) in [6, 6.07) is 17.4. The number of para-hydroxylation sites is 2. The fraction of sp³-hybridized carbons (Fsp3) is 0.292. The number of carbonyl (C=O) groups excluding carboxylic acids is 1. The minimum Gasteiger partial charge on any atom is -0.495 e. The first-order chi connectivity index (χ1) is 13.9. The van der Waals surface area contributed by atoms with E-state index < -0.39 is 0 Å². The third-order valence-corrected chi connectivity index (χ3v) is 5.22. The van der Waals surface area contributed by atoms with Crippen molar-refractivity contribution in [2.45, 2.75) is 27.2 Å². The van der Waals surface area contributed by atoms with Crippen LogP contribution in [-0.2, 0) is 0 Å². The Labute approximate surface area is 177 Å². The second-order valence-corrected chi connectivity index (χ2v) is 7.92. The topological polar surface area (TPSA) is 43.3 Å². The number of amides is 1. The molecule has 0 saturated heterocycles. The Bertz CT molecular complexity index is 991. The Hall–Kier alpha value is -2.72. The van der Waals surface area contributed by atoms with Crippen molar-refractivity contribution in [3.05, 3.63) is 70.9 Å². The van der Waals surface area contributed by atoms with Crippen LogP contribution >= 0.6 is 11.6 Å². The van der Waals surface area contributed by atoms with Crippen molar-refractivity contribution in [2.24, 2.45) is 5.92 Å². The van der Waals surface area contributed by atoms with E-state index >= 15 is 0 Å². The van der Waals surface area contributed by atoms with Gasteiger partial charge in [0.05, 0.1) is 24.1 Å². The van der Waals surface area contributed by atoms with Gasteiger partial charge < -0.3 is 14.6 Å². The molecule has 0 fully saturated rings. The molecule has 1 aromatic heterocycles. The van der Waals surface area contributed by atoms with Crippen LogP contribution in [0.15, 0.2) is 54.6 Å². The highest BCUT2D eigenvalue weighted by molar-refractivity contribution is 6.30. The van der Waals surface area contributed by atoms with Crippen LogP contribution in [0.2, 0.25) is 5.02 Å². The van der Waals surface area contributed by atoms with E-state index in [1.807, 2.05) is 61.5 Å². The molecule has 1 heterocycles. The van der Waals surface area contributed by atoms with Crippen LogP contribution < -0.4 is 10.1 Å². The highest BCUT2D eigenvalue weighted by atomic mass is 35.5. The minimum atomic E-state index is -0.0630. The second kappa shape index (κ2) is 9.19. The summed E-state index contributed by atoms with van der Waals surface area (Å²) in [6.07, 6.45) is 0.946. The summed E-state index contributed by atoms with van der Waals surface area (Å²) in [5.41, 5.74) is 4.30. The number of benzene rings is 2. The van der Waals surface area contributed by atoms with E-state index in [4.69, 9.17) is 16.3 Å². The van der Waals surface area contributed by atoms with E-state index in [0.717, 1.165) is 34.8 Å². The molecule has 2 aromatic carbocycles. The van der Waals surface area contributed by atoms with Crippen molar-refractivity contribution in [1.29, 1.82) is 0 Å². The van der Waals surface area contributed by atoms with Crippen LogP contribution in [0.1, 0.15) is 36.3 Å². The summed E-state index contributed by atoms with van der Waals surface area (Å²) in [6.45, 7) is 6.91. The molecular weight excluding hydrogens is 384 g/mol. The molecular formula is C24H27ClN2O2. The third kappa shape index (κ3) is 4.65. The molecule has 1 amide bonds.